The minimum atomic E-state index is -4.98. The standard InChI is InChI=1S/C28H33F3N8O6/c1-27(2,3)45-26(43)38-15-17-21(24(41)42)35-39(11-12-40)23(17)22-19(38)14-32-25(34-22)33-18-13-16(37-9-7-36(4)8-10-37)5-6-20(18)44-28(29,30)31/h5-6,13-14,40H,7-12,15H2,1-4H3,(H,41,42)(H,32,33,34). The van der Waals surface area contributed by atoms with Crippen molar-refractivity contribution in [2.75, 3.05) is 55.0 Å². The van der Waals surface area contributed by atoms with Crippen LogP contribution in [0.2, 0.25) is 0 Å². The molecule has 3 aromatic rings. The van der Waals surface area contributed by atoms with Crippen molar-refractivity contribution >= 4 is 35.1 Å². The number of aromatic nitrogens is 4. The van der Waals surface area contributed by atoms with E-state index in [0.29, 0.717) is 18.8 Å². The van der Waals surface area contributed by atoms with Crippen LogP contribution in [0.4, 0.5) is 41.0 Å². The molecular formula is C28H33F3N8O6. The van der Waals surface area contributed by atoms with Gasteiger partial charge < -0.3 is 34.8 Å². The summed E-state index contributed by atoms with van der Waals surface area (Å²) in [5.74, 6) is -2.05. The summed E-state index contributed by atoms with van der Waals surface area (Å²) < 4.78 is 51.1. The van der Waals surface area contributed by atoms with Crippen molar-refractivity contribution in [2.24, 2.45) is 0 Å². The topological polar surface area (TPSA) is 158 Å². The molecule has 0 bridgehead atoms. The first-order valence-corrected chi connectivity index (χ1v) is 14.1. The van der Waals surface area contributed by atoms with Gasteiger partial charge in [0.1, 0.15) is 11.3 Å². The first-order chi connectivity index (χ1) is 21.1. The van der Waals surface area contributed by atoms with Crippen molar-refractivity contribution in [3.05, 3.63) is 35.7 Å². The average molecular weight is 635 g/mol. The van der Waals surface area contributed by atoms with Crippen LogP contribution in [0, 0.1) is 0 Å². The Hall–Kier alpha value is -4.64. The maximum Gasteiger partial charge on any atom is 0.573 e. The van der Waals surface area contributed by atoms with E-state index in [1.54, 1.807) is 20.8 Å². The summed E-state index contributed by atoms with van der Waals surface area (Å²) >= 11 is 0. The molecule has 1 amide bonds. The predicted octanol–water partition coefficient (Wildman–Crippen LogP) is 3.68. The van der Waals surface area contributed by atoms with Crippen molar-refractivity contribution in [3.8, 4) is 17.1 Å². The zero-order valence-corrected chi connectivity index (χ0v) is 25.1. The minimum absolute atomic E-state index is 0.0570. The molecule has 0 aliphatic carbocycles. The monoisotopic (exact) mass is 634 g/mol. The fourth-order valence-corrected chi connectivity index (χ4v) is 5.08. The molecular weight excluding hydrogens is 601 g/mol. The lowest BCUT2D eigenvalue weighted by molar-refractivity contribution is -0.274. The highest BCUT2D eigenvalue weighted by atomic mass is 19.4. The van der Waals surface area contributed by atoms with Gasteiger partial charge in [0.05, 0.1) is 43.0 Å². The number of amides is 1. The Labute approximate surface area is 256 Å². The number of aliphatic hydroxyl groups is 1. The number of hydrogen-bond donors (Lipinski definition) is 3. The van der Waals surface area contributed by atoms with Crippen molar-refractivity contribution in [1.29, 1.82) is 0 Å². The van der Waals surface area contributed by atoms with E-state index >= 15 is 0 Å². The van der Waals surface area contributed by atoms with E-state index in [1.165, 1.54) is 29.1 Å². The van der Waals surface area contributed by atoms with Gasteiger partial charge in [0.15, 0.2) is 11.4 Å². The maximum atomic E-state index is 13.3. The minimum Gasteiger partial charge on any atom is -0.476 e. The van der Waals surface area contributed by atoms with Gasteiger partial charge >= 0.3 is 18.4 Å². The van der Waals surface area contributed by atoms with Crippen LogP contribution in [0.25, 0.3) is 11.4 Å². The molecule has 1 saturated heterocycles. The molecule has 17 heteroatoms. The third kappa shape index (κ3) is 7.04. The number of anilines is 4. The van der Waals surface area contributed by atoms with Gasteiger partial charge in [-0.1, -0.05) is 0 Å². The Morgan fingerprint density at radius 2 is 1.82 bits per heavy atom. The molecule has 14 nitrogen and oxygen atoms in total. The quantitative estimate of drug-likeness (QED) is 0.347. The van der Waals surface area contributed by atoms with Gasteiger partial charge in [-0.05, 0) is 46.0 Å². The molecule has 5 rings (SSSR count). The highest BCUT2D eigenvalue weighted by molar-refractivity contribution is 5.98. The van der Waals surface area contributed by atoms with Crippen LogP contribution in [0.1, 0.15) is 36.8 Å². The van der Waals surface area contributed by atoms with Crippen molar-refractivity contribution in [1.82, 2.24) is 24.6 Å². The summed E-state index contributed by atoms with van der Waals surface area (Å²) in [4.78, 5) is 39.5. The van der Waals surface area contributed by atoms with Gasteiger partial charge in [0.25, 0.3) is 0 Å². The van der Waals surface area contributed by atoms with Gasteiger partial charge in [-0.2, -0.15) is 5.10 Å². The summed E-state index contributed by atoms with van der Waals surface area (Å²) in [6.45, 7) is 7.16. The lowest BCUT2D eigenvalue weighted by Gasteiger charge is -2.34. The summed E-state index contributed by atoms with van der Waals surface area (Å²) in [5.41, 5.74) is -0.108. The molecule has 0 saturated carbocycles. The number of aliphatic hydroxyl groups excluding tert-OH is 1. The number of ether oxygens (including phenoxy) is 2. The number of carboxylic acids is 1. The van der Waals surface area contributed by atoms with Crippen LogP contribution in [0.15, 0.2) is 24.4 Å². The van der Waals surface area contributed by atoms with Gasteiger partial charge in [0.2, 0.25) is 5.95 Å². The number of alkyl halides is 3. The molecule has 1 fully saturated rings. The molecule has 1 aromatic carbocycles. The van der Waals surface area contributed by atoms with Crippen LogP contribution < -0.4 is 19.9 Å². The zero-order chi connectivity index (χ0) is 32.7. The molecule has 4 heterocycles. The summed E-state index contributed by atoms with van der Waals surface area (Å²) in [5, 5.41) is 26.5. The fourth-order valence-electron chi connectivity index (χ4n) is 5.08. The predicted molar refractivity (Wildman–Crippen MR) is 156 cm³/mol. The molecule has 0 spiro atoms. The molecule has 3 N–H and O–H groups in total. The molecule has 0 radical (unpaired) electrons. The number of carbonyl (C=O) groups is 2. The number of rotatable bonds is 7. The number of aromatic carboxylic acids is 1. The molecule has 0 unspecified atom stereocenters. The number of piperazine rings is 1. The first-order valence-electron chi connectivity index (χ1n) is 14.1. The Balaban J connectivity index is 1.60. The Kier molecular flexibility index (Phi) is 8.50. The number of halogens is 3. The van der Waals surface area contributed by atoms with Crippen molar-refractivity contribution in [3.63, 3.8) is 0 Å². The molecule has 0 atom stereocenters. The average Bonchev–Trinajstić information content (AvgIpc) is 3.31. The van der Waals surface area contributed by atoms with E-state index in [0.717, 1.165) is 18.0 Å². The fraction of sp³-hybridized carbons (Fsp3) is 0.464. The van der Waals surface area contributed by atoms with E-state index in [9.17, 15) is 33.0 Å². The van der Waals surface area contributed by atoms with E-state index < -0.39 is 29.8 Å². The highest BCUT2D eigenvalue weighted by Gasteiger charge is 2.38. The number of fused-ring (bicyclic) bond motifs is 3. The van der Waals surface area contributed by atoms with Gasteiger partial charge in [-0.25, -0.2) is 19.6 Å². The summed E-state index contributed by atoms with van der Waals surface area (Å²) in [7, 11) is 1.99. The highest BCUT2D eigenvalue weighted by Crippen LogP contribution is 2.41. The van der Waals surface area contributed by atoms with Crippen molar-refractivity contribution in [2.45, 2.75) is 45.8 Å². The van der Waals surface area contributed by atoms with E-state index in [1.807, 2.05) is 11.9 Å². The number of nitrogens with zero attached hydrogens (tertiary/aromatic N) is 7. The number of nitrogens with one attached hydrogen (secondary N) is 1. The van der Waals surface area contributed by atoms with Gasteiger partial charge in [0, 0.05) is 37.4 Å². The molecule has 242 valence electrons. The Morgan fingerprint density at radius 1 is 1.11 bits per heavy atom. The number of carbonyl (C=O) groups excluding carboxylic acids is 1. The SMILES string of the molecule is CN1CCN(c2ccc(OC(F)(F)F)c(Nc3ncc4c(n3)-c3c(c(C(=O)O)nn3CCO)CN4C(=O)OC(C)(C)C)c2)CC1. The van der Waals surface area contributed by atoms with Gasteiger partial charge in [-0.3, -0.25) is 9.58 Å². The first kappa shape index (κ1) is 31.8. The van der Waals surface area contributed by atoms with E-state index in [-0.39, 0.29) is 59.7 Å². The van der Waals surface area contributed by atoms with Crippen LogP contribution in [0.5, 0.6) is 5.75 Å². The van der Waals surface area contributed by atoms with Crippen LogP contribution in [-0.4, -0.2) is 98.7 Å². The smallest absolute Gasteiger partial charge is 0.476 e. The second-order valence-corrected chi connectivity index (χ2v) is 11.6. The Morgan fingerprint density at radius 3 is 2.44 bits per heavy atom. The third-order valence-corrected chi connectivity index (χ3v) is 7.08. The van der Waals surface area contributed by atoms with E-state index in [4.69, 9.17) is 4.74 Å². The lowest BCUT2D eigenvalue weighted by atomic mass is 10.0. The second-order valence-electron chi connectivity index (χ2n) is 11.6. The number of carboxylic acid groups (broad SMARTS) is 1. The lowest BCUT2D eigenvalue weighted by Crippen LogP contribution is -2.44. The summed E-state index contributed by atoms with van der Waals surface area (Å²) in [6, 6.07) is 4.25. The van der Waals surface area contributed by atoms with Crippen LogP contribution in [0.3, 0.4) is 0 Å². The maximum absolute atomic E-state index is 13.3. The van der Waals surface area contributed by atoms with Crippen LogP contribution >= 0.6 is 0 Å². The molecule has 2 aliphatic rings. The number of hydrogen-bond acceptors (Lipinski definition) is 11. The second kappa shape index (κ2) is 12.0. The Bertz CT molecular complexity index is 1600. The van der Waals surface area contributed by atoms with Gasteiger partial charge in [-0.15, -0.1) is 13.2 Å². The van der Waals surface area contributed by atoms with Crippen molar-refractivity contribution < 1.29 is 42.4 Å². The third-order valence-electron chi connectivity index (χ3n) is 7.08. The summed E-state index contributed by atoms with van der Waals surface area (Å²) in [6.07, 6.45) is -4.50. The molecule has 2 aromatic heterocycles. The molecule has 45 heavy (non-hydrogen) atoms. The van der Waals surface area contributed by atoms with Crippen LogP contribution in [-0.2, 0) is 17.8 Å². The number of likely N-dealkylation sites (N-methyl/N-ethyl adjacent to an activating group) is 1. The zero-order valence-electron chi connectivity index (χ0n) is 25.1. The molecule has 2 aliphatic heterocycles. The largest absolute Gasteiger partial charge is 0.573 e. The van der Waals surface area contributed by atoms with E-state index in [2.05, 4.69) is 30.0 Å². The normalized spacial score (nSPS) is 15.4. The number of benzene rings is 1.